The molecule has 0 saturated carbocycles. The number of aliphatic hydroxyl groups is 1. The number of likely N-dealkylation sites (N-methyl/N-ethyl adjacent to an activating group) is 1. The van der Waals surface area contributed by atoms with Crippen LogP contribution in [0, 0.1) is 6.92 Å². The number of carbonyl (C=O) groups is 1. The molecule has 1 aromatic rings. The van der Waals surface area contributed by atoms with Gasteiger partial charge in [0.2, 0.25) is 0 Å². The van der Waals surface area contributed by atoms with Gasteiger partial charge in [-0.2, -0.15) is 5.10 Å². The average Bonchev–Trinajstić information content (AvgIpc) is 2.74. The van der Waals surface area contributed by atoms with E-state index in [4.69, 9.17) is 5.11 Å². The first-order chi connectivity index (χ1) is 8.65. The van der Waals surface area contributed by atoms with Gasteiger partial charge in [-0.05, 0) is 20.3 Å². The first-order valence-corrected chi connectivity index (χ1v) is 6.58. The summed E-state index contributed by atoms with van der Waals surface area (Å²) in [6.07, 6.45) is 3.80. The predicted octanol–water partition coefficient (Wildman–Crippen LogP) is 1.45. The van der Waals surface area contributed by atoms with E-state index in [1.807, 2.05) is 18.5 Å². The molecule has 5 heteroatoms. The van der Waals surface area contributed by atoms with E-state index in [2.05, 4.69) is 12.0 Å². The number of hydrogen-bond donors (Lipinski definition) is 1. The van der Waals surface area contributed by atoms with E-state index in [1.54, 1.807) is 11.1 Å². The number of hydrogen-bond acceptors (Lipinski definition) is 3. The van der Waals surface area contributed by atoms with Crippen LogP contribution in [0.5, 0.6) is 0 Å². The van der Waals surface area contributed by atoms with Gasteiger partial charge in [0.15, 0.2) is 0 Å². The fourth-order valence-corrected chi connectivity index (χ4v) is 1.88. The van der Waals surface area contributed by atoms with Gasteiger partial charge in [0, 0.05) is 25.3 Å². The van der Waals surface area contributed by atoms with Crippen LogP contribution in [0.3, 0.4) is 0 Å². The second-order valence-electron chi connectivity index (χ2n) is 4.33. The summed E-state index contributed by atoms with van der Waals surface area (Å²) in [5.41, 5.74) is 1.55. The molecule has 1 N–H and O–H groups in total. The lowest BCUT2D eigenvalue weighted by Gasteiger charge is -2.19. The molecule has 0 atom stereocenters. The van der Waals surface area contributed by atoms with Crippen molar-refractivity contribution in [2.75, 3.05) is 19.7 Å². The van der Waals surface area contributed by atoms with E-state index < -0.39 is 0 Å². The maximum Gasteiger partial charge on any atom is 0.257 e. The summed E-state index contributed by atoms with van der Waals surface area (Å²) in [4.78, 5) is 13.9. The molecule has 0 unspecified atom stereocenters. The van der Waals surface area contributed by atoms with Crippen molar-refractivity contribution < 1.29 is 9.90 Å². The Labute approximate surface area is 108 Å². The largest absolute Gasteiger partial charge is 0.395 e. The highest BCUT2D eigenvalue weighted by Crippen LogP contribution is 2.11. The summed E-state index contributed by atoms with van der Waals surface area (Å²) in [5, 5.41) is 13.2. The molecule has 1 aromatic heterocycles. The highest BCUT2D eigenvalue weighted by molar-refractivity contribution is 5.95. The first-order valence-electron chi connectivity index (χ1n) is 6.58. The van der Waals surface area contributed by atoms with Gasteiger partial charge in [-0.25, -0.2) is 0 Å². The van der Waals surface area contributed by atoms with Gasteiger partial charge in [-0.1, -0.05) is 13.3 Å². The lowest BCUT2D eigenvalue weighted by Crippen LogP contribution is -2.33. The van der Waals surface area contributed by atoms with Crippen LogP contribution in [0.15, 0.2) is 6.20 Å². The Bertz CT molecular complexity index is 388. The van der Waals surface area contributed by atoms with Gasteiger partial charge in [0.05, 0.1) is 18.4 Å². The van der Waals surface area contributed by atoms with Gasteiger partial charge in [0.1, 0.15) is 0 Å². The molecule has 0 aliphatic heterocycles. The molecule has 18 heavy (non-hydrogen) atoms. The highest BCUT2D eigenvalue weighted by atomic mass is 16.3. The van der Waals surface area contributed by atoms with Crippen LogP contribution in [-0.4, -0.2) is 45.4 Å². The van der Waals surface area contributed by atoms with Crippen molar-refractivity contribution >= 4 is 5.91 Å². The second kappa shape index (κ2) is 7.16. The summed E-state index contributed by atoms with van der Waals surface area (Å²) >= 11 is 0. The number of aromatic nitrogens is 2. The van der Waals surface area contributed by atoms with Crippen LogP contribution < -0.4 is 0 Å². The van der Waals surface area contributed by atoms with Crippen LogP contribution in [0.25, 0.3) is 0 Å². The monoisotopic (exact) mass is 253 g/mol. The van der Waals surface area contributed by atoms with Gasteiger partial charge < -0.3 is 10.0 Å². The zero-order valence-corrected chi connectivity index (χ0v) is 11.5. The lowest BCUT2D eigenvalue weighted by molar-refractivity contribution is 0.0731. The number of rotatable bonds is 7. The third-order valence-corrected chi connectivity index (χ3v) is 3.10. The van der Waals surface area contributed by atoms with Crippen molar-refractivity contribution in [2.45, 2.75) is 40.2 Å². The number of amides is 1. The highest BCUT2D eigenvalue weighted by Gasteiger charge is 2.18. The number of carbonyl (C=O) groups excluding carboxylic acids is 1. The Hall–Kier alpha value is -1.36. The van der Waals surface area contributed by atoms with E-state index >= 15 is 0 Å². The number of nitrogens with zero attached hydrogens (tertiary/aromatic N) is 3. The summed E-state index contributed by atoms with van der Waals surface area (Å²) in [7, 11) is 0. The van der Waals surface area contributed by atoms with Crippen LogP contribution in [0.4, 0.5) is 0 Å². The Morgan fingerprint density at radius 1 is 1.50 bits per heavy atom. The van der Waals surface area contributed by atoms with E-state index in [-0.39, 0.29) is 12.5 Å². The summed E-state index contributed by atoms with van der Waals surface area (Å²) in [5.74, 6) is -0.0493. The lowest BCUT2D eigenvalue weighted by atomic mass is 10.2. The minimum absolute atomic E-state index is 0.0113. The Balaban J connectivity index is 2.82. The Kier molecular flexibility index (Phi) is 5.85. The Morgan fingerprint density at radius 2 is 2.22 bits per heavy atom. The molecule has 1 heterocycles. The van der Waals surface area contributed by atoms with Crippen LogP contribution in [-0.2, 0) is 6.54 Å². The SMILES string of the molecule is CCCCn1ncc(C(=O)N(CC)CCO)c1C. The van der Waals surface area contributed by atoms with Gasteiger partial charge >= 0.3 is 0 Å². The zero-order valence-electron chi connectivity index (χ0n) is 11.5. The van der Waals surface area contributed by atoms with Crippen molar-refractivity contribution in [3.63, 3.8) is 0 Å². The second-order valence-corrected chi connectivity index (χ2v) is 4.33. The molecule has 0 saturated heterocycles. The maximum absolute atomic E-state index is 12.2. The number of aliphatic hydroxyl groups excluding tert-OH is 1. The van der Waals surface area contributed by atoms with Gasteiger partial charge in [-0.15, -0.1) is 0 Å². The van der Waals surface area contributed by atoms with Crippen molar-refractivity contribution in [1.29, 1.82) is 0 Å². The zero-order chi connectivity index (χ0) is 13.5. The summed E-state index contributed by atoms with van der Waals surface area (Å²) in [6.45, 7) is 7.76. The molecule has 0 aromatic carbocycles. The third-order valence-electron chi connectivity index (χ3n) is 3.10. The van der Waals surface area contributed by atoms with E-state index in [0.717, 1.165) is 25.1 Å². The van der Waals surface area contributed by atoms with Crippen LogP contribution in [0.2, 0.25) is 0 Å². The molecule has 5 nitrogen and oxygen atoms in total. The van der Waals surface area contributed by atoms with Crippen LogP contribution in [0.1, 0.15) is 42.7 Å². The predicted molar refractivity (Wildman–Crippen MR) is 70.5 cm³/mol. The number of unbranched alkanes of at least 4 members (excludes halogenated alkanes) is 1. The minimum Gasteiger partial charge on any atom is -0.395 e. The molecule has 1 rings (SSSR count). The Morgan fingerprint density at radius 3 is 2.78 bits per heavy atom. The normalized spacial score (nSPS) is 10.7. The number of aryl methyl sites for hydroxylation is 1. The topological polar surface area (TPSA) is 58.4 Å². The third kappa shape index (κ3) is 3.32. The molecule has 0 fully saturated rings. The van der Waals surface area contributed by atoms with E-state index in [9.17, 15) is 4.79 Å². The molecule has 0 aliphatic carbocycles. The van der Waals surface area contributed by atoms with E-state index in [0.29, 0.717) is 18.7 Å². The van der Waals surface area contributed by atoms with Crippen molar-refractivity contribution in [1.82, 2.24) is 14.7 Å². The molecule has 0 aliphatic rings. The average molecular weight is 253 g/mol. The quantitative estimate of drug-likeness (QED) is 0.800. The first kappa shape index (κ1) is 14.7. The van der Waals surface area contributed by atoms with Crippen molar-refractivity contribution in [3.05, 3.63) is 17.5 Å². The van der Waals surface area contributed by atoms with Crippen molar-refractivity contribution in [2.24, 2.45) is 0 Å². The molecular formula is C13H23N3O2. The molecule has 0 radical (unpaired) electrons. The fourth-order valence-electron chi connectivity index (χ4n) is 1.88. The molecule has 1 amide bonds. The summed E-state index contributed by atoms with van der Waals surface area (Å²) in [6, 6.07) is 0. The molecular weight excluding hydrogens is 230 g/mol. The minimum atomic E-state index is -0.0493. The standard InChI is InChI=1S/C13H23N3O2/c1-4-6-7-16-11(3)12(10-14-16)13(18)15(5-2)8-9-17/h10,17H,4-9H2,1-3H3. The molecule has 0 spiro atoms. The molecule has 0 bridgehead atoms. The van der Waals surface area contributed by atoms with Gasteiger partial charge in [0.25, 0.3) is 5.91 Å². The smallest absolute Gasteiger partial charge is 0.257 e. The van der Waals surface area contributed by atoms with Gasteiger partial charge in [-0.3, -0.25) is 9.48 Å². The molecule has 102 valence electrons. The van der Waals surface area contributed by atoms with Crippen molar-refractivity contribution in [3.8, 4) is 0 Å². The van der Waals surface area contributed by atoms with Crippen LogP contribution >= 0.6 is 0 Å². The fraction of sp³-hybridized carbons (Fsp3) is 0.692. The maximum atomic E-state index is 12.2. The summed E-state index contributed by atoms with van der Waals surface area (Å²) < 4.78 is 1.88. The van der Waals surface area contributed by atoms with E-state index in [1.165, 1.54) is 0 Å².